The van der Waals surface area contributed by atoms with Crippen molar-refractivity contribution >= 4 is 0 Å². The van der Waals surface area contributed by atoms with E-state index >= 15 is 0 Å². The number of H-pyrrole nitrogens is 1. The Kier molecular flexibility index (Phi) is 3.48. The number of pyridine rings is 1. The van der Waals surface area contributed by atoms with E-state index in [-0.39, 0.29) is 12.6 Å². The van der Waals surface area contributed by atoms with Crippen LogP contribution in [0.4, 0.5) is 0 Å². The molecule has 1 aliphatic rings. The number of benzene rings is 1. The summed E-state index contributed by atoms with van der Waals surface area (Å²) in [5.74, 6) is 0. The topological polar surface area (TPSA) is 47.1 Å². The number of aromatic nitrogens is 2. The molecular weight excluding hydrogens is 288 g/mol. The lowest BCUT2D eigenvalue weighted by Gasteiger charge is -2.33. The number of aromatic amines is 1. The minimum atomic E-state index is -0.316. The first-order valence-electron chi connectivity index (χ1n) is 7.72. The van der Waals surface area contributed by atoms with Crippen molar-refractivity contribution in [1.82, 2.24) is 9.97 Å². The number of hydrogen-bond donors (Lipinski definition) is 1. The molecule has 1 saturated heterocycles. The van der Waals surface area contributed by atoms with Gasteiger partial charge in [-0.25, -0.2) is 0 Å². The Labute approximate surface area is 135 Å². The molecule has 0 saturated carbocycles. The maximum Gasteiger partial charge on any atom is 0.191 e. The number of hydrogen-bond acceptors (Lipinski definition) is 3. The Morgan fingerprint density at radius 2 is 1.65 bits per heavy atom. The summed E-state index contributed by atoms with van der Waals surface area (Å²) in [6, 6.07) is 14.5. The third-order valence-electron chi connectivity index (χ3n) is 4.06. The molecule has 3 aromatic rings. The van der Waals surface area contributed by atoms with Crippen LogP contribution in [0, 0.1) is 6.92 Å². The van der Waals surface area contributed by atoms with Gasteiger partial charge in [0.15, 0.2) is 12.6 Å². The van der Waals surface area contributed by atoms with Crippen molar-refractivity contribution in [3.63, 3.8) is 0 Å². The van der Waals surface area contributed by atoms with Crippen LogP contribution in [0.3, 0.4) is 0 Å². The Hall–Kier alpha value is -2.43. The predicted molar refractivity (Wildman–Crippen MR) is 88.6 cm³/mol. The molecule has 1 N–H and O–H groups in total. The molecule has 0 radical (unpaired) electrons. The molecule has 0 atom stereocenters. The normalized spacial score (nSPS) is 20.3. The van der Waals surface area contributed by atoms with Crippen LogP contribution in [0.25, 0.3) is 22.5 Å². The molecule has 2 aromatic heterocycles. The van der Waals surface area contributed by atoms with Crippen LogP contribution in [0.1, 0.15) is 24.3 Å². The molecule has 1 fully saturated rings. The van der Waals surface area contributed by atoms with Crippen molar-refractivity contribution in [1.29, 1.82) is 0 Å². The summed E-state index contributed by atoms with van der Waals surface area (Å²) in [4.78, 5) is 7.60. The lowest BCUT2D eigenvalue weighted by molar-refractivity contribution is -0.382. The quantitative estimate of drug-likeness (QED) is 0.778. The summed E-state index contributed by atoms with van der Waals surface area (Å²) in [6.45, 7) is 3.99. The fraction of sp³-hybridized carbons (Fsp3) is 0.211. The predicted octanol–water partition coefficient (Wildman–Crippen LogP) is 4.44. The Balaban J connectivity index is 1.78. The van der Waals surface area contributed by atoms with Crippen LogP contribution in [0.2, 0.25) is 0 Å². The van der Waals surface area contributed by atoms with E-state index in [9.17, 15) is 0 Å². The lowest BCUT2D eigenvalue weighted by atomic mass is 10.1. The molecule has 1 aromatic carbocycles. The first-order valence-corrected chi connectivity index (χ1v) is 7.72. The van der Waals surface area contributed by atoms with Crippen LogP contribution in [-0.4, -0.2) is 16.3 Å². The zero-order chi connectivity index (χ0) is 15.8. The van der Waals surface area contributed by atoms with E-state index < -0.39 is 0 Å². The smallest absolute Gasteiger partial charge is 0.191 e. The summed E-state index contributed by atoms with van der Waals surface area (Å²) in [7, 11) is 0. The second kappa shape index (κ2) is 5.65. The van der Waals surface area contributed by atoms with Crippen molar-refractivity contribution in [2.75, 3.05) is 0 Å². The van der Waals surface area contributed by atoms with Crippen LogP contribution >= 0.6 is 0 Å². The van der Waals surface area contributed by atoms with E-state index in [2.05, 4.69) is 47.2 Å². The van der Waals surface area contributed by atoms with E-state index in [0.29, 0.717) is 0 Å². The highest BCUT2D eigenvalue weighted by Gasteiger charge is 2.32. The molecule has 0 amide bonds. The van der Waals surface area contributed by atoms with Gasteiger partial charge >= 0.3 is 0 Å². The van der Waals surface area contributed by atoms with Gasteiger partial charge < -0.3 is 14.5 Å². The van der Waals surface area contributed by atoms with Gasteiger partial charge in [-0.05, 0) is 37.6 Å². The van der Waals surface area contributed by atoms with Gasteiger partial charge in [0.1, 0.15) is 0 Å². The molecule has 0 bridgehead atoms. The fourth-order valence-electron chi connectivity index (χ4n) is 2.81. The molecule has 1 aliphatic heterocycles. The zero-order valence-corrected chi connectivity index (χ0v) is 13.1. The summed E-state index contributed by atoms with van der Waals surface area (Å²) < 4.78 is 11.4. The van der Waals surface area contributed by atoms with Crippen molar-refractivity contribution in [2.24, 2.45) is 0 Å². The van der Waals surface area contributed by atoms with Gasteiger partial charge in [-0.15, -0.1) is 0 Å². The van der Waals surface area contributed by atoms with Crippen molar-refractivity contribution < 1.29 is 9.47 Å². The van der Waals surface area contributed by atoms with E-state index in [1.54, 1.807) is 12.4 Å². The number of nitrogens with zero attached hydrogens (tertiary/aromatic N) is 1. The summed E-state index contributed by atoms with van der Waals surface area (Å²) in [5.41, 5.74) is 6.54. The highest BCUT2D eigenvalue weighted by Crippen LogP contribution is 2.39. The Morgan fingerprint density at radius 1 is 0.957 bits per heavy atom. The fourth-order valence-corrected chi connectivity index (χ4v) is 2.81. The van der Waals surface area contributed by atoms with Gasteiger partial charge in [-0.3, -0.25) is 4.98 Å². The van der Waals surface area contributed by atoms with Crippen molar-refractivity contribution in [2.45, 2.75) is 26.4 Å². The molecule has 23 heavy (non-hydrogen) atoms. The molecule has 3 heterocycles. The Morgan fingerprint density at radius 3 is 2.30 bits per heavy atom. The summed E-state index contributed by atoms with van der Waals surface area (Å²) >= 11 is 0. The maximum atomic E-state index is 5.70. The van der Waals surface area contributed by atoms with Gasteiger partial charge in [-0.1, -0.05) is 29.8 Å². The molecule has 116 valence electrons. The van der Waals surface area contributed by atoms with Crippen LogP contribution in [0.15, 0.2) is 54.9 Å². The average molecular weight is 306 g/mol. The highest BCUT2D eigenvalue weighted by atomic mass is 16.9. The standard InChI is InChI=1S/C19H18N2O2/c1-12-3-5-14(6-4-12)17-11-16(19-22-13(2)23-19)18(21-17)15-7-9-20-10-8-15/h3-11,13,19,21H,1-2H3. The van der Waals surface area contributed by atoms with Crippen LogP contribution in [-0.2, 0) is 9.47 Å². The first-order chi connectivity index (χ1) is 11.2. The van der Waals surface area contributed by atoms with E-state index in [0.717, 1.165) is 28.1 Å². The summed E-state index contributed by atoms with van der Waals surface area (Å²) in [6.07, 6.45) is 3.11. The zero-order valence-electron chi connectivity index (χ0n) is 13.1. The Bertz CT molecular complexity index is 803. The molecular formula is C19H18N2O2. The van der Waals surface area contributed by atoms with Crippen LogP contribution in [0.5, 0.6) is 0 Å². The summed E-state index contributed by atoms with van der Waals surface area (Å²) in [5, 5.41) is 0. The van der Waals surface area contributed by atoms with Gasteiger partial charge in [0.25, 0.3) is 0 Å². The number of rotatable bonds is 3. The molecule has 0 spiro atoms. The van der Waals surface area contributed by atoms with Crippen LogP contribution < -0.4 is 0 Å². The monoisotopic (exact) mass is 306 g/mol. The number of aryl methyl sites for hydroxylation is 1. The van der Waals surface area contributed by atoms with Gasteiger partial charge in [-0.2, -0.15) is 0 Å². The average Bonchev–Trinajstić information content (AvgIpc) is 2.98. The second-order valence-corrected chi connectivity index (χ2v) is 5.79. The number of nitrogens with one attached hydrogen (secondary N) is 1. The molecule has 4 nitrogen and oxygen atoms in total. The molecule has 4 rings (SSSR count). The third kappa shape index (κ3) is 2.67. The molecule has 0 unspecified atom stereocenters. The number of ether oxygens (including phenoxy) is 2. The first kappa shape index (κ1) is 14.2. The van der Waals surface area contributed by atoms with Gasteiger partial charge in [0.05, 0.1) is 5.69 Å². The van der Waals surface area contributed by atoms with E-state index in [4.69, 9.17) is 9.47 Å². The maximum absolute atomic E-state index is 5.70. The van der Waals surface area contributed by atoms with E-state index in [1.807, 2.05) is 19.1 Å². The lowest BCUT2D eigenvalue weighted by Crippen LogP contribution is -2.31. The molecule has 4 heteroatoms. The molecule has 0 aliphatic carbocycles. The van der Waals surface area contributed by atoms with Gasteiger partial charge in [0, 0.05) is 29.2 Å². The third-order valence-corrected chi connectivity index (χ3v) is 4.06. The minimum Gasteiger partial charge on any atom is -0.354 e. The van der Waals surface area contributed by atoms with Crippen molar-refractivity contribution in [3.8, 4) is 22.5 Å². The second-order valence-electron chi connectivity index (χ2n) is 5.79. The van der Waals surface area contributed by atoms with Crippen molar-refractivity contribution in [3.05, 3.63) is 66.0 Å². The van der Waals surface area contributed by atoms with Gasteiger partial charge in [0.2, 0.25) is 0 Å². The largest absolute Gasteiger partial charge is 0.354 e. The minimum absolute atomic E-state index is 0.150. The highest BCUT2D eigenvalue weighted by molar-refractivity contribution is 5.72. The van der Waals surface area contributed by atoms with E-state index in [1.165, 1.54) is 5.56 Å². The SMILES string of the molecule is Cc1ccc(-c2cc(C3OC(C)O3)c(-c3ccncc3)[nH]2)cc1.